The Hall–Kier alpha value is -2.24. The van der Waals surface area contributed by atoms with Crippen molar-refractivity contribution in [3.8, 4) is 0 Å². The third-order valence-corrected chi connectivity index (χ3v) is 2.48. The average Bonchev–Trinajstić information content (AvgIpc) is 2.30. The lowest BCUT2D eigenvalue weighted by molar-refractivity contribution is 0.509. The monoisotopic (exact) mass is 250 g/mol. The lowest BCUT2D eigenvalue weighted by atomic mass is 10.2. The molecule has 4 nitrogen and oxygen atoms in total. The molecule has 3 N–H and O–H groups in total. The first-order valence-electron chi connectivity index (χ1n) is 5.30. The maximum atomic E-state index is 13.1. The third-order valence-electron chi connectivity index (χ3n) is 2.48. The van der Waals surface area contributed by atoms with Gasteiger partial charge in [0.1, 0.15) is 17.5 Å². The van der Waals surface area contributed by atoms with E-state index < -0.39 is 11.6 Å². The zero-order chi connectivity index (χ0) is 13.3. The maximum Gasteiger partial charge on any atom is 0.160 e. The molecule has 0 bridgehead atoms. The van der Waals surface area contributed by atoms with E-state index in [9.17, 15) is 8.78 Å². The zero-order valence-corrected chi connectivity index (χ0v) is 9.96. The predicted octanol–water partition coefficient (Wildman–Crippen LogP) is 2.70. The zero-order valence-electron chi connectivity index (χ0n) is 9.96. The molecule has 0 atom stereocenters. The average molecular weight is 250 g/mol. The van der Waals surface area contributed by atoms with Crippen LogP contribution in [0.4, 0.5) is 26.1 Å². The Morgan fingerprint density at radius 2 is 1.83 bits per heavy atom. The van der Waals surface area contributed by atoms with E-state index >= 15 is 0 Å². The number of rotatable bonds is 2. The fraction of sp³-hybridized carbons (Fsp3) is 0.167. The van der Waals surface area contributed by atoms with Gasteiger partial charge in [0.15, 0.2) is 11.6 Å². The summed E-state index contributed by atoms with van der Waals surface area (Å²) in [6.07, 6.45) is 0. The molecule has 2 rings (SSSR count). The van der Waals surface area contributed by atoms with Crippen LogP contribution >= 0.6 is 0 Å². The summed E-state index contributed by atoms with van der Waals surface area (Å²) < 4.78 is 25.9. The normalized spacial score (nSPS) is 10.4. The molecule has 6 heteroatoms. The highest BCUT2D eigenvalue weighted by Crippen LogP contribution is 2.22. The smallest absolute Gasteiger partial charge is 0.160 e. The Morgan fingerprint density at radius 3 is 2.50 bits per heavy atom. The molecule has 1 aromatic carbocycles. The lowest BCUT2D eigenvalue weighted by Gasteiger charge is -2.10. The van der Waals surface area contributed by atoms with Crippen LogP contribution in [0.15, 0.2) is 18.2 Å². The first kappa shape index (κ1) is 12.2. The van der Waals surface area contributed by atoms with Crippen molar-refractivity contribution in [3.05, 3.63) is 41.2 Å². The van der Waals surface area contributed by atoms with Gasteiger partial charge in [0.2, 0.25) is 0 Å². The molecule has 94 valence electrons. The van der Waals surface area contributed by atoms with E-state index in [1.54, 1.807) is 13.8 Å². The minimum absolute atomic E-state index is 0.354. The molecule has 0 aliphatic carbocycles. The van der Waals surface area contributed by atoms with E-state index in [0.717, 1.165) is 12.1 Å². The van der Waals surface area contributed by atoms with Crippen molar-refractivity contribution >= 4 is 17.3 Å². The molecule has 0 amide bonds. The largest absolute Gasteiger partial charge is 0.383 e. The number of benzene rings is 1. The van der Waals surface area contributed by atoms with Crippen LogP contribution in [0, 0.1) is 25.5 Å². The summed E-state index contributed by atoms with van der Waals surface area (Å²) in [6, 6.07) is 3.53. The molecule has 0 aliphatic rings. The van der Waals surface area contributed by atoms with Crippen LogP contribution in [-0.2, 0) is 0 Å². The maximum absolute atomic E-state index is 13.1. The molecule has 0 aliphatic heterocycles. The number of nitrogens with one attached hydrogen (secondary N) is 1. The number of anilines is 3. The van der Waals surface area contributed by atoms with Crippen molar-refractivity contribution in [1.29, 1.82) is 0 Å². The first-order chi connectivity index (χ1) is 8.47. The Kier molecular flexibility index (Phi) is 3.10. The number of nitrogen functional groups attached to an aromatic ring is 1. The van der Waals surface area contributed by atoms with E-state index in [2.05, 4.69) is 15.3 Å². The van der Waals surface area contributed by atoms with Crippen LogP contribution < -0.4 is 11.1 Å². The van der Waals surface area contributed by atoms with Crippen molar-refractivity contribution in [2.24, 2.45) is 0 Å². The molecule has 1 heterocycles. The van der Waals surface area contributed by atoms with Gasteiger partial charge in [-0.25, -0.2) is 18.7 Å². The van der Waals surface area contributed by atoms with Gasteiger partial charge in [0.05, 0.1) is 0 Å². The van der Waals surface area contributed by atoms with E-state index in [-0.39, 0.29) is 0 Å². The van der Waals surface area contributed by atoms with Gasteiger partial charge in [0, 0.05) is 17.3 Å². The molecule has 0 spiro atoms. The summed E-state index contributed by atoms with van der Waals surface area (Å²) in [5.41, 5.74) is 6.76. The lowest BCUT2D eigenvalue weighted by Crippen LogP contribution is -2.05. The van der Waals surface area contributed by atoms with Gasteiger partial charge in [-0.1, -0.05) is 0 Å². The highest BCUT2D eigenvalue weighted by molar-refractivity contribution is 5.63. The van der Waals surface area contributed by atoms with Crippen molar-refractivity contribution in [2.75, 3.05) is 11.1 Å². The Morgan fingerprint density at radius 1 is 1.11 bits per heavy atom. The van der Waals surface area contributed by atoms with Crippen LogP contribution in [0.25, 0.3) is 0 Å². The van der Waals surface area contributed by atoms with Gasteiger partial charge < -0.3 is 11.1 Å². The quantitative estimate of drug-likeness (QED) is 0.860. The molecule has 0 fully saturated rings. The number of halogens is 2. The molecule has 0 saturated heterocycles. The Balaban J connectivity index is 2.36. The number of hydrogen-bond donors (Lipinski definition) is 2. The number of nitrogens with zero attached hydrogens (tertiary/aromatic N) is 2. The summed E-state index contributed by atoms with van der Waals surface area (Å²) in [5, 5.41) is 2.88. The van der Waals surface area contributed by atoms with Crippen molar-refractivity contribution in [3.63, 3.8) is 0 Å². The van der Waals surface area contributed by atoms with E-state index in [0.29, 0.717) is 28.7 Å². The number of aromatic nitrogens is 2. The molecule has 18 heavy (non-hydrogen) atoms. The second-order valence-corrected chi connectivity index (χ2v) is 3.88. The van der Waals surface area contributed by atoms with Gasteiger partial charge in [-0.15, -0.1) is 0 Å². The topological polar surface area (TPSA) is 63.8 Å². The van der Waals surface area contributed by atoms with Crippen LogP contribution in [0.2, 0.25) is 0 Å². The molecule has 0 unspecified atom stereocenters. The van der Waals surface area contributed by atoms with E-state index in [4.69, 9.17) is 5.73 Å². The fourth-order valence-electron chi connectivity index (χ4n) is 1.48. The third kappa shape index (κ3) is 2.37. The number of nitrogens with two attached hydrogens (primary N) is 1. The highest BCUT2D eigenvalue weighted by Gasteiger charge is 2.08. The molecule has 1 aromatic heterocycles. The standard InChI is InChI=1S/C12H12F2N4/c1-6-11(15)16-7(2)17-12(6)18-8-3-4-9(13)10(14)5-8/h3-5H,1-2H3,(H3,15,16,17,18). The number of aryl methyl sites for hydroxylation is 1. The van der Waals surface area contributed by atoms with Crippen LogP contribution in [0.1, 0.15) is 11.4 Å². The van der Waals surface area contributed by atoms with Crippen LogP contribution in [-0.4, -0.2) is 9.97 Å². The first-order valence-corrected chi connectivity index (χ1v) is 5.30. The van der Waals surface area contributed by atoms with Crippen LogP contribution in [0.5, 0.6) is 0 Å². The summed E-state index contributed by atoms with van der Waals surface area (Å²) in [7, 11) is 0. The van der Waals surface area contributed by atoms with Gasteiger partial charge in [0.25, 0.3) is 0 Å². The van der Waals surface area contributed by atoms with Gasteiger partial charge in [-0.2, -0.15) is 0 Å². The summed E-state index contributed by atoms with van der Waals surface area (Å²) in [5.74, 6) is -0.478. The summed E-state index contributed by atoms with van der Waals surface area (Å²) in [4.78, 5) is 8.16. The Bertz CT molecular complexity index is 599. The minimum Gasteiger partial charge on any atom is -0.383 e. The van der Waals surface area contributed by atoms with Gasteiger partial charge in [-0.3, -0.25) is 0 Å². The van der Waals surface area contributed by atoms with Crippen molar-refractivity contribution in [2.45, 2.75) is 13.8 Å². The highest BCUT2D eigenvalue weighted by atomic mass is 19.2. The van der Waals surface area contributed by atoms with Gasteiger partial charge >= 0.3 is 0 Å². The van der Waals surface area contributed by atoms with E-state index in [1.165, 1.54) is 6.07 Å². The molecular formula is C12H12F2N4. The van der Waals surface area contributed by atoms with E-state index in [1.807, 2.05) is 0 Å². The molecular weight excluding hydrogens is 238 g/mol. The minimum atomic E-state index is -0.920. The van der Waals surface area contributed by atoms with Crippen molar-refractivity contribution < 1.29 is 8.78 Å². The molecule has 2 aromatic rings. The number of hydrogen-bond acceptors (Lipinski definition) is 4. The van der Waals surface area contributed by atoms with Crippen molar-refractivity contribution in [1.82, 2.24) is 9.97 Å². The second kappa shape index (κ2) is 4.56. The van der Waals surface area contributed by atoms with Crippen LogP contribution in [0.3, 0.4) is 0 Å². The SMILES string of the molecule is Cc1nc(N)c(C)c(Nc2ccc(F)c(F)c2)n1. The predicted molar refractivity (Wildman–Crippen MR) is 65.6 cm³/mol. The van der Waals surface area contributed by atoms with Gasteiger partial charge in [-0.05, 0) is 26.0 Å². The summed E-state index contributed by atoms with van der Waals surface area (Å²) >= 11 is 0. The molecule has 0 radical (unpaired) electrons. The molecule has 0 saturated carbocycles. The fourth-order valence-corrected chi connectivity index (χ4v) is 1.48. The summed E-state index contributed by atoms with van der Waals surface area (Å²) in [6.45, 7) is 3.45. The Labute approximate surface area is 103 Å². The second-order valence-electron chi connectivity index (χ2n) is 3.88.